The quantitative estimate of drug-likeness (QED) is 0.337. The maximum Gasteiger partial charge on any atom is 0.293 e. The Morgan fingerprint density at radius 1 is 1.22 bits per heavy atom. The van der Waals surface area contributed by atoms with Crippen LogP contribution in [-0.2, 0) is 4.79 Å². The Morgan fingerprint density at radius 2 is 1.93 bits per heavy atom. The molecule has 1 saturated heterocycles. The number of nitrogens with zero attached hydrogens (tertiary/aromatic N) is 3. The Morgan fingerprint density at radius 3 is 2.56 bits per heavy atom. The number of pyridine rings is 1. The molecule has 0 atom stereocenters. The van der Waals surface area contributed by atoms with Crippen LogP contribution in [-0.4, -0.2) is 38.3 Å². The van der Waals surface area contributed by atoms with E-state index in [1.807, 2.05) is 13.0 Å². The van der Waals surface area contributed by atoms with Crippen molar-refractivity contribution in [1.82, 2.24) is 9.88 Å². The van der Waals surface area contributed by atoms with Gasteiger partial charge in [0, 0.05) is 23.4 Å². The Hall–Kier alpha value is -3.33. The van der Waals surface area contributed by atoms with E-state index in [-0.39, 0.29) is 16.2 Å². The van der Waals surface area contributed by atoms with E-state index in [1.54, 1.807) is 12.1 Å². The van der Waals surface area contributed by atoms with E-state index in [0.717, 1.165) is 22.4 Å². The van der Waals surface area contributed by atoms with Gasteiger partial charge >= 0.3 is 0 Å². The van der Waals surface area contributed by atoms with Crippen molar-refractivity contribution in [3.05, 3.63) is 74.4 Å². The number of aryl methyl sites for hydroxylation is 1. The van der Waals surface area contributed by atoms with Crippen molar-refractivity contribution in [3.63, 3.8) is 0 Å². The maximum absolute atomic E-state index is 12.5. The molecule has 0 aliphatic carbocycles. The highest BCUT2D eigenvalue weighted by Gasteiger charge is 2.36. The lowest BCUT2D eigenvalue weighted by Crippen LogP contribution is -2.33. The summed E-state index contributed by atoms with van der Waals surface area (Å²) < 4.78 is 0. The molecule has 2 amide bonds. The molecule has 1 aliphatic heterocycles. The summed E-state index contributed by atoms with van der Waals surface area (Å²) in [6.07, 6.45) is 1.51. The first-order chi connectivity index (χ1) is 12.8. The number of nitro groups is 1. The van der Waals surface area contributed by atoms with Gasteiger partial charge in [-0.1, -0.05) is 6.07 Å². The number of hydrogen-bond donors (Lipinski definition) is 0. The number of thioether (sulfide) groups is 1. The van der Waals surface area contributed by atoms with E-state index in [4.69, 9.17) is 0 Å². The van der Waals surface area contributed by atoms with Crippen LogP contribution in [0.4, 0.5) is 10.5 Å². The number of hydrogen-bond acceptors (Lipinski definition) is 7. The molecule has 1 aliphatic rings. The largest absolute Gasteiger partial charge is 0.293 e. The van der Waals surface area contributed by atoms with Gasteiger partial charge in [0.25, 0.3) is 16.8 Å². The SMILES string of the molecule is Cc1cccc(/C=C2/SC(=O)N(CC(=O)c3ccc([N+](=O)[O-])cc3)C2=O)n1. The Bertz CT molecular complexity index is 985. The summed E-state index contributed by atoms with van der Waals surface area (Å²) in [5.41, 5.74) is 1.36. The number of nitro benzene ring substituents is 1. The fourth-order valence-electron chi connectivity index (χ4n) is 2.42. The van der Waals surface area contributed by atoms with Gasteiger partial charge in [-0.3, -0.25) is 34.4 Å². The first kappa shape index (κ1) is 18.5. The summed E-state index contributed by atoms with van der Waals surface area (Å²) in [5, 5.41) is 10.1. The van der Waals surface area contributed by atoms with Crippen molar-refractivity contribution in [2.24, 2.45) is 0 Å². The summed E-state index contributed by atoms with van der Waals surface area (Å²) in [6.45, 7) is 1.38. The number of amides is 2. The van der Waals surface area contributed by atoms with Crippen LogP contribution in [0.2, 0.25) is 0 Å². The van der Waals surface area contributed by atoms with E-state index >= 15 is 0 Å². The van der Waals surface area contributed by atoms with Gasteiger partial charge in [-0.2, -0.15) is 0 Å². The van der Waals surface area contributed by atoms with Crippen molar-refractivity contribution < 1.29 is 19.3 Å². The zero-order chi connectivity index (χ0) is 19.6. The molecule has 3 rings (SSSR count). The topological polar surface area (TPSA) is 110 Å². The number of carbonyl (C=O) groups excluding carboxylic acids is 3. The molecule has 0 saturated carbocycles. The van der Waals surface area contributed by atoms with Crippen molar-refractivity contribution >= 4 is 40.5 Å². The van der Waals surface area contributed by atoms with E-state index in [0.29, 0.717) is 5.69 Å². The highest BCUT2D eigenvalue weighted by atomic mass is 32.2. The smallest absolute Gasteiger partial charge is 0.292 e. The lowest BCUT2D eigenvalue weighted by Gasteiger charge is -2.11. The summed E-state index contributed by atoms with van der Waals surface area (Å²) in [7, 11) is 0. The summed E-state index contributed by atoms with van der Waals surface area (Å²) >= 11 is 0.743. The van der Waals surface area contributed by atoms with Gasteiger partial charge in [-0.05, 0) is 49.0 Å². The number of benzene rings is 1. The molecule has 8 nitrogen and oxygen atoms in total. The minimum atomic E-state index is -0.575. The monoisotopic (exact) mass is 383 g/mol. The first-order valence-corrected chi connectivity index (χ1v) is 8.63. The second-order valence-electron chi connectivity index (χ2n) is 5.70. The molecule has 9 heteroatoms. The average Bonchev–Trinajstić information content (AvgIpc) is 2.89. The van der Waals surface area contributed by atoms with Crippen molar-refractivity contribution in [1.29, 1.82) is 0 Å². The lowest BCUT2D eigenvalue weighted by atomic mass is 10.1. The number of aromatic nitrogens is 1. The molecule has 1 aromatic heterocycles. The highest BCUT2D eigenvalue weighted by Crippen LogP contribution is 2.32. The summed E-state index contributed by atoms with van der Waals surface area (Å²) in [4.78, 5) is 52.3. The zero-order valence-corrected chi connectivity index (χ0v) is 14.9. The van der Waals surface area contributed by atoms with Crippen LogP contribution in [0.3, 0.4) is 0 Å². The minimum Gasteiger partial charge on any atom is -0.292 e. The minimum absolute atomic E-state index is 0.147. The van der Waals surface area contributed by atoms with Crippen LogP contribution in [0.25, 0.3) is 6.08 Å². The Labute approximate surface area is 158 Å². The molecule has 0 bridgehead atoms. The van der Waals surface area contributed by atoms with Crippen LogP contribution in [0, 0.1) is 17.0 Å². The van der Waals surface area contributed by atoms with Gasteiger partial charge in [-0.15, -0.1) is 0 Å². The van der Waals surface area contributed by atoms with Crippen molar-refractivity contribution in [2.75, 3.05) is 6.54 Å². The van der Waals surface area contributed by atoms with Crippen LogP contribution in [0.1, 0.15) is 21.7 Å². The predicted octanol–water partition coefficient (Wildman–Crippen LogP) is 3.22. The third-order valence-corrected chi connectivity index (χ3v) is 4.67. The second-order valence-corrected chi connectivity index (χ2v) is 6.69. The van der Waals surface area contributed by atoms with Crippen molar-refractivity contribution in [2.45, 2.75) is 6.92 Å². The maximum atomic E-state index is 12.5. The van der Waals surface area contributed by atoms with Gasteiger partial charge in [0.2, 0.25) is 0 Å². The molecular weight excluding hydrogens is 370 g/mol. The standard InChI is InChI=1S/C18H13N3O5S/c1-11-3-2-4-13(19-11)9-16-17(23)20(18(24)27-16)10-15(22)12-5-7-14(8-6-12)21(25)26/h2-9H,10H2,1H3/b16-9+. The number of carbonyl (C=O) groups is 3. The third-order valence-electron chi connectivity index (χ3n) is 3.76. The summed E-state index contributed by atoms with van der Waals surface area (Å²) in [5.74, 6) is -1.05. The zero-order valence-electron chi connectivity index (χ0n) is 14.1. The predicted molar refractivity (Wildman–Crippen MR) is 99.1 cm³/mol. The normalized spacial score (nSPS) is 15.4. The summed E-state index contributed by atoms with van der Waals surface area (Å²) in [6, 6.07) is 10.3. The molecule has 2 aromatic rings. The molecule has 2 heterocycles. The van der Waals surface area contributed by atoms with Gasteiger partial charge in [0.05, 0.1) is 22.1 Å². The van der Waals surface area contributed by atoms with E-state index in [9.17, 15) is 24.5 Å². The fourth-order valence-corrected chi connectivity index (χ4v) is 3.24. The molecule has 0 N–H and O–H groups in total. The molecule has 1 fully saturated rings. The Balaban J connectivity index is 1.75. The van der Waals surface area contributed by atoms with Crippen LogP contribution in [0.5, 0.6) is 0 Å². The lowest BCUT2D eigenvalue weighted by molar-refractivity contribution is -0.384. The number of rotatable bonds is 5. The second kappa shape index (κ2) is 7.50. The Kier molecular flexibility index (Phi) is 5.13. The van der Waals surface area contributed by atoms with Gasteiger partial charge < -0.3 is 0 Å². The third kappa shape index (κ3) is 4.09. The molecule has 0 radical (unpaired) electrons. The number of ketones is 1. The van der Waals surface area contributed by atoms with Gasteiger partial charge in [0.1, 0.15) is 0 Å². The van der Waals surface area contributed by atoms with Crippen molar-refractivity contribution in [3.8, 4) is 0 Å². The van der Waals surface area contributed by atoms with E-state index < -0.39 is 28.4 Å². The number of imide groups is 1. The fraction of sp³-hybridized carbons (Fsp3) is 0.111. The van der Waals surface area contributed by atoms with Crippen LogP contribution >= 0.6 is 11.8 Å². The molecule has 27 heavy (non-hydrogen) atoms. The average molecular weight is 383 g/mol. The van der Waals surface area contributed by atoms with Crippen LogP contribution < -0.4 is 0 Å². The first-order valence-electron chi connectivity index (χ1n) is 7.82. The van der Waals surface area contributed by atoms with Gasteiger partial charge in [0.15, 0.2) is 5.78 Å². The van der Waals surface area contributed by atoms with Crippen LogP contribution in [0.15, 0.2) is 47.4 Å². The molecule has 1 aromatic carbocycles. The molecule has 0 unspecified atom stereocenters. The van der Waals surface area contributed by atoms with Gasteiger partial charge in [-0.25, -0.2) is 0 Å². The molecule has 136 valence electrons. The number of Topliss-reactive ketones (excluding diaryl/α,β-unsaturated/α-hetero) is 1. The van der Waals surface area contributed by atoms with E-state index in [2.05, 4.69) is 4.98 Å². The highest BCUT2D eigenvalue weighted by molar-refractivity contribution is 8.18. The van der Waals surface area contributed by atoms with E-state index in [1.165, 1.54) is 30.3 Å². The number of non-ortho nitro benzene ring substituents is 1. The molecular formula is C18H13N3O5S. The molecule has 0 spiro atoms.